The number of fused-ring (bicyclic) bond motifs is 1. The quantitative estimate of drug-likeness (QED) is 0.434. The lowest BCUT2D eigenvalue weighted by Crippen LogP contribution is -2.17. The Bertz CT molecular complexity index is 920. The number of carbonyl (C=O) groups is 2. The second-order valence-electron chi connectivity index (χ2n) is 6.16. The van der Waals surface area contributed by atoms with E-state index in [0.29, 0.717) is 28.0 Å². The molecule has 1 aliphatic rings. The van der Waals surface area contributed by atoms with E-state index in [-0.39, 0.29) is 23.2 Å². The van der Waals surface area contributed by atoms with E-state index in [1.807, 2.05) is 0 Å². The van der Waals surface area contributed by atoms with Crippen LogP contribution in [0.4, 0.5) is 5.00 Å². The van der Waals surface area contributed by atoms with Crippen LogP contribution in [-0.4, -0.2) is 34.2 Å². The maximum Gasteiger partial charge on any atom is 0.341 e. The number of esters is 1. The predicted molar refractivity (Wildman–Crippen MR) is 106 cm³/mol. The second kappa shape index (κ2) is 8.71. The Hall–Kier alpha value is -2.13. The van der Waals surface area contributed by atoms with Gasteiger partial charge in [0.25, 0.3) is 5.56 Å². The molecule has 2 aromatic heterocycles. The largest absolute Gasteiger partial charge is 0.462 e. The van der Waals surface area contributed by atoms with Crippen LogP contribution in [0.15, 0.2) is 16.0 Å². The Morgan fingerprint density at radius 1 is 1.37 bits per heavy atom. The van der Waals surface area contributed by atoms with Crippen molar-refractivity contribution in [1.82, 2.24) is 9.97 Å². The Kier molecular flexibility index (Phi) is 6.33. The van der Waals surface area contributed by atoms with E-state index in [1.165, 1.54) is 17.4 Å². The van der Waals surface area contributed by atoms with E-state index < -0.39 is 0 Å². The molecule has 0 atom stereocenters. The van der Waals surface area contributed by atoms with E-state index in [0.717, 1.165) is 47.9 Å². The molecule has 0 saturated heterocycles. The molecule has 0 bridgehead atoms. The van der Waals surface area contributed by atoms with Crippen molar-refractivity contribution in [2.24, 2.45) is 0 Å². The third-order valence-corrected chi connectivity index (χ3v) is 6.17. The maximum absolute atomic E-state index is 12.4. The van der Waals surface area contributed by atoms with Crippen LogP contribution in [0.1, 0.15) is 46.3 Å². The number of hydrogen-bond donors (Lipinski definition) is 2. The minimum Gasteiger partial charge on any atom is -0.462 e. The molecule has 0 aromatic carbocycles. The summed E-state index contributed by atoms with van der Waals surface area (Å²) in [6.07, 6.45) is 3.88. The van der Waals surface area contributed by atoms with Crippen LogP contribution < -0.4 is 10.9 Å². The zero-order valence-electron chi connectivity index (χ0n) is 15.2. The number of anilines is 1. The molecular weight excluding hydrogens is 386 g/mol. The summed E-state index contributed by atoms with van der Waals surface area (Å²) in [5.74, 6) is -0.560. The lowest BCUT2D eigenvalue weighted by molar-refractivity contribution is -0.113. The fourth-order valence-electron chi connectivity index (χ4n) is 2.99. The van der Waals surface area contributed by atoms with Gasteiger partial charge in [-0.1, -0.05) is 11.8 Å². The monoisotopic (exact) mass is 407 g/mol. The van der Waals surface area contributed by atoms with Crippen LogP contribution in [0, 0.1) is 6.92 Å². The Morgan fingerprint density at radius 3 is 2.89 bits per heavy atom. The highest BCUT2D eigenvalue weighted by Crippen LogP contribution is 2.38. The summed E-state index contributed by atoms with van der Waals surface area (Å²) in [5.41, 5.74) is 1.85. The van der Waals surface area contributed by atoms with Crippen molar-refractivity contribution in [2.45, 2.75) is 44.7 Å². The molecule has 1 amide bonds. The van der Waals surface area contributed by atoms with Crippen molar-refractivity contribution in [2.75, 3.05) is 17.7 Å². The number of aromatic amines is 1. The highest BCUT2D eigenvalue weighted by Gasteiger charge is 2.27. The average molecular weight is 408 g/mol. The second-order valence-corrected chi connectivity index (χ2v) is 8.23. The van der Waals surface area contributed by atoms with Crippen LogP contribution in [-0.2, 0) is 22.4 Å². The van der Waals surface area contributed by atoms with Gasteiger partial charge in [0.05, 0.1) is 17.9 Å². The summed E-state index contributed by atoms with van der Waals surface area (Å²) in [4.78, 5) is 44.2. The number of thiophene rings is 1. The fourth-order valence-corrected chi connectivity index (χ4v) is 5.00. The van der Waals surface area contributed by atoms with Crippen molar-refractivity contribution in [3.8, 4) is 0 Å². The van der Waals surface area contributed by atoms with Gasteiger partial charge in [0, 0.05) is 16.6 Å². The number of amides is 1. The molecule has 2 N–H and O–H groups in total. The standard InChI is InChI=1S/C18H21N3O4S2/c1-3-25-17(24)15-11-6-4-5-7-12(11)27-16(15)20-14(23)9-26-18-19-10(2)8-13(22)21-18/h8H,3-7,9H2,1-2H3,(H,20,23)(H,19,21,22). The molecule has 9 heteroatoms. The van der Waals surface area contributed by atoms with Gasteiger partial charge in [-0.3, -0.25) is 9.59 Å². The SMILES string of the molecule is CCOC(=O)c1c(NC(=O)CSc2nc(C)cc(=O)[nH]2)sc2c1CCCC2. The minimum absolute atomic E-state index is 0.0806. The number of rotatable bonds is 6. The first-order valence-corrected chi connectivity index (χ1v) is 10.6. The van der Waals surface area contributed by atoms with Gasteiger partial charge in [0.1, 0.15) is 5.00 Å². The number of carbonyl (C=O) groups excluding carboxylic acids is 2. The third kappa shape index (κ3) is 4.78. The molecule has 144 valence electrons. The number of aryl methyl sites for hydroxylation is 2. The van der Waals surface area contributed by atoms with E-state index in [2.05, 4.69) is 15.3 Å². The van der Waals surface area contributed by atoms with E-state index in [9.17, 15) is 14.4 Å². The van der Waals surface area contributed by atoms with E-state index >= 15 is 0 Å². The molecule has 0 aliphatic heterocycles. The van der Waals surface area contributed by atoms with Crippen LogP contribution >= 0.6 is 23.1 Å². The Balaban J connectivity index is 1.74. The molecule has 2 aromatic rings. The summed E-state index contributed by atoms with van der Waals surface area (Å²) in [7, 11) is 0. The lowest BCUT2D eigenvalue weighted by Gasteiger charge is -2.12. The number of ether oxygens (including phenoxy) is 1. The van der Waals surface area contributed by atoms with Gasteiger partial charge in [-0.05, 0) is 45.1 Å². The molecule has 7 nitrogen and oxygen atoms in total. The van der Waals surface area contributed by atoms with E-state index in [1.54, 1.807) is 13.8 Å². The summed E-state index contributed by atoms with van der Waals surface area (Å²) in [6, 6.07) is 1.39. The van der Waals surface area contributed by atoms with Gasteiger partial charge in [-0.25, -0.2) is 9.78 Å². The first-order chi connectivity index (χ1) is 13.0. The summed E-state index contributed by atoms with van der Waals surface area (Å²) in [5, 5.41) is 3.79. The molecule has 0 unspecified atom stereocenters. The topological polar surface area (TPSA) is 101 Å². The van der Waals surface area contributed by atoms with Crippen LogP contribution in [0.25, 0.3) is 0 Å². The normalized spacial score (nSPS) is 13.1. The third-order valence-electron chi connectivity index (χ3n) is 4.09. The van der Waals surface area contributed by atoms with Crippen molar-refractivity contribution < 1.29 is 14.3 Å². The van der Waals surface area contributed by atoms with Crippen molar-refractivity contribution in [3.05, 3.63) is 38.1 Å². The van der Waals surface area contributed by atoms with Gasteiger partial charge in [-0.15, -0.1) is 11.3 Å². The first kappa shape index (κ1) is 19.6. The highest BCUT2D eigenvalue weighted by atomic mass is 32.2. The average Bonchev–Trinajstić information content (AvgIpc) is 2.97. The fraction of sp³-hybridized carbons (Fsp3) is 0.444. The maximum atomic E-state index is 12.4. The number of H-pyrrole nitrogens is 1. The van der Waals surface area contributed by atoms with Crippen LogP contribution in [0.2, 0.25) is 0 Å². The number of nitrogens with zero attached hydrogens (tertiary/aromatic N) is 1. The lowest BCUT2D eigenvalue weighted by atomic mass is 9.95. The number of aromatic nitrogens is 2. The molecule has 27 heavy (non-hydrogen) atoms. The molecule has 0 saturated carbocycles. The van der Waals surface area contributed by atoms with Crippen LogP contribution in [0.5, 0.6) is 0 Å². The molecule has 3 rings (SSSR count). The summed E-state index contributed by atoms with van der Waals surface area (Å²) < 4.78 is 5.19. The molecule has 0 spiro atoms. The van der Waals surface area contributed by atoms with Gasteiger partial charge < -0.3 is 15.0 Å². The smallest absolute Gasteiger partial charge is 0.341 e. The van der Waals surface area contributed by atoms with Gasteiger partial charge in [0.2, 0.25) is 5.91 Å². The number of thioether (sulfide) groups is 1. The minimum atomic E-state index is -0.385. The van der Waals surface area contributed by atoms with Gasteiger partial charge >= 0.3 is 5.97 Å². The zero-order chi connectivity index (χ0) is 19.4. The highest BCUT2D eigenvalue weighted by molar-refractivity contribution is 7.99. The van der Waals surface area contributed by atoms with Crippen LogP contribution in [0.3, 0.4) is 0 Å². The van der Waals surface area contributed by atoms with Crippen molar-refractivity contribution >= 4 is 40.0 Å². The summed E-state index contributed by atoms with van der Waals surface area (Å²) >= 11 is 2.60. The predicted octanol–water partition coefficient (Wildman–Crippen LogP) is 2.93. The van der Waals surface area contributed by atoms with Gasteiger partial charge in [0.15, 0.2) is 5.16 Å². The molecular formula is C18H21N3O4S2. The van der Waals surface area contributed by atoms with Gasteiger partial charge in [-0.2, -0.15) is 0 Å². The summed E-state index contributed by atoms with van der Waals surface area (Å²) in [6.45, 7) is 3.78. The zero-order valence-corrected chi connectivity index (χ0v) is 16.8. The molecule has 0 fully saturated rings. The first-order valence-electron chi connectivity index (χ1n) is 8.80. The Morgan fingerprint density at radius 2 is 2.15 bits per heavy atom. The number of nitrogens with one attached hydrogen (secondary N) is 2. The van der Waals surface area contributed by atoms with Crippen molar-refractivity contribution in [1.29, 1.82) is 0 Å². The Labute approximate surface area is 164 Å². The van der Waals surface area contributed by atoms with E-state index in [4.69, 9.17) is 4.74 Å². The molecule has 1 aliphatic carbocycles. The number of hydrogen-bond acceptors (Lipinski definition) is 7. The molecule has 2 heterocycles. The van der Waals surface area contributed by atoms with Crippen molar-refractivity contribution in [3.63, 3.8) is 0 Å². The molecule has 0 radical (unpaired) electrons.